The topological polar surface area (TPSA) is 121 Å². The van der Waals surface area contributed by atoms with Gasteiger partial charge in [-0.2, -0.15) is 4.31 Å². The maximum absolute atomic E-state index is 13.2. The van der Waals surface area contributed by atoms with E-state index in [9.17, 15) is 18.0 Å². The standard InChI is InChI=1S/C25H26N4O5S/c1-2-23(30)28-24-14-17-11-12-29(15-22(17)34-24)35(32,33)19-9-7-18(8-10-19)26-25(31)21-13-16-5-3-4-6-20(16)27-21/h2-10,13,17,22,24,27H,1,11-12,14-15H2,(H,26,31)(H,28,30). The van der Waals surface area contributed by atoms with Gasteiger partial charge in [-0.25, -0.2) is 8.42 Å². The molecule has 3 aromatic rings. The Labute approximate surface area is 203 Å². The molecule has 0 bridgehead atoms. The fourth-order valence-electron chi connectivity index (χ4n) is 4.68. The number of fused-ring (bicyclic) bond motifs is 2. The normalized spacial score (nSPS) is 22.5. The molecule has 1 aromatic heterocycles. The highest BCUT2D eigenvalue weighted by molar-refractivity contribution is 7.89. The average Bonchev–Trinajstić information content (AvgIpc) is 3.47. The number of sulfonamides is 1. The highest BCUT2D eigenvalue weighted by atomic mass is 32.2. The van der Waals surface area contributed by atoms with Gasteiger partial charge >= 0.3 is 0 Å². The molecule has 0 radical (unpaired) electrons. The number of rotatable bonds is 6. The Kier molecular flexibility index (Phi) is 6.18. The number of anilines is 1. The number of aromatic nitrogens is 1. The Morgan fingerprint density at radius 1 is 1.14 bits per heavy atom. The van der Waals surface area contributed by atoms with Crippen LogP contribution in [0.5, 0.6) is 0 Å². The van der Waals surface area contributed by atoms with Crippen LogP contribution in [0.25, 0.3) is 10.9 Å². The van der Waals surface area contributed by atoms with Crippen LogP contribution in [0, 0.1) is 5.92 Å². The number of nitrogens with one attached hydrogen (secondary N) is 3. The van der Waals surface area contributed by atoms with Gasteiger partial charge in [0.1, 0.15) is 11.9 Å². The van der Waals surface area contributed by atoms with Crippen LogP contribution in [0.15, 0.2) is 72.1 Å². The van der Waals surface area contributed by atoms with Crippen LogP contribution in [0.2, 0.25) is 0 Å². The second-order valence-corrected chi connectivity index (χ2v) is 10.7. The zero-order valence-electron chi connectivity index (χ0n) is 18.9. The summed E-state index contributed by atoms with van der Waals surface area (Å²) >= 11 is 0. The van der Waals surface area contributed by atoms with Gasteiger partial charge in [0.25, 0.3) is 5.91 Å². The molecule has 35 heavy (non-hydrogen) atoms. The predicted octanol–water partition coefficient (Wildman–Crippen LogP) is 2.85. The molecule has 2 aliphatic rings. The van der Waals surface area contributed by atoms with Gasteiger partial charge in [0.2, 0.25) is 15.9 Å². The van der Waals surface area contributed by atoms with Crippen LogP contribution < -0.4 is 10.6 Å². The largest absolute Gasteiger partial charge is 0.354 e. The molecule has 3 N–H and O–H groups in total. The predicted molar refractivity (Wildman–Crippen MR) is 131 cm³/mol. The third-order valence-electron chi connectivity index (χ3n) is 6.53. The summed E-state index contributed by atoms with van der Waals surface area (Å²) in [7, 11) is -3.73. The van der Waals surface area contributed by atoms with Crippen molar-refractivity contribution < 1.29 is 22.7 Å². The van der Waals surface area contributed by atoms with E-state index in [2.05, 4.69) is 22.2 Å². The van der Waals surface area contributed by atoms with Crippen molar-refractivity contribution in [2.45, 2.75) is 30.1 Å². The van der Waals surface area contributed by atoms with Crippen molar-refractivity contribution in [3.8, 4) is 0 Å². The first-order valence-electron chi connectivity index (χ1n) is 11.4. The molecule has 2 aromatic carbocycles. The minimum Gasteiger partial charge on any atom is -0.354 e. The molecule has 0 aliphatic carbocycles. The van der Waals surface area contributed by atoms with E-state index in [1.165, 1.54) is 22.5 Å². The summed E-state index contributed by atoms with van der Waals surface area (Å²) in [6.45, 7) is 4.05. The van der Waals surface area contributed by atoms with Gasteiger partial charge in [-0.1, -0.05) is 24.8 Å². The molecule has 10 heteroatoms. The van der Waals surface area contributed by atoms with Crippen molar-refractivity contribution in [1.29, 1.82) is 0 Å². The van der Waals surface area contributed by atoms with Gasteiger partial charge in [-0.05, 0) is 61.2 Å². The van der Waals surface area contributed by atoms with E-state index < -0.39 is 16.3 Å². The van der Waals surface area contributed by atoms with Gasteiger partial charge in [0.15, 0.2) is 0 Å². The fraction of sp³-hybridized carbons (Fsp3) is 0.280. The number of hydrogen-bond donors (Lipinski definition) is 3. The Hall–Kier alpha value is -3.47. The molecule has 0 saturated carbocycles. The summed E-state index contributed by atoms with van der Waals surface area (Å²) in [4.78, 5) is 27.4. The number of hydrogen-bond acceptors (Lipinski definition) is 5. The van der Waals surface area contributed by atoms with Crippen molar-refractivity contribution in [3.63, 3.8) is 0 Å². The summed E-state index contributed by atoms with van der Waals surface area (Å²) in [5.41, 5.74) is 1.78. The molecule has 2 saturated heterocycles. The van der Waals surface area contributed by atoms with E-state index in [1.807, 2.05) is 24.3 Å². The van der Waals surface area contributed by atoms with Crippen molar-refractivity contribution in [2.75, 3.05) is 18.4 Å². The maximum atomic E-state index is 13.2. The zero-order valence-corrected chi connectivity index (χ0v) is 19.8. The van der Waals surface area contributed by atoms with Crippen LogP contribution in [-0.4, -0.2) is 54.9 Å². The third-order valence-corrected chi connectivity index (χ3v) is 8.41. The molecular weight excluding hydrogens is 468 g/mol. The van der Waals surface area contributed by atoms with E-state index >= 15 is 0 Å². The minimum absolute atomic E-state index is 0.147. The maximum Gasteiger partial charge on any atom is 0.272 e. The molecule has 3 heterocycles. The number of carbonyl (C=O) groups is 2. The lowest BCUT2D eigenvalue weighted by Gasteiger charge is -2.33. The minimum atomic E-state index is -3.73. The van der Waals surface area contributed by atoms with Gasteiger partial charge in [-0.15, -0.1) is 0 Å². The number of benzene rings is 2. The van der Waals surface area contributed by atoms with Gasteiger partial charge in [-0.3, -0.25) is 9.59 Å². The lowest BCUT2D eigenvalue weighted by atomic mass is 9.94. The molecular formula is C25H26N4O5S. The van der Waals surface area contributed by atoms with Gasteiger partial charge in [0.05, 0.1) is 11.0 Å². The number of amides is 2. The highest BCUT2D eigenvalue weighted by Gasteiger charge is 2.42. The van der Waals surface area contributed by atoms with Crippen LogP contribution >= 0.6 is 0 Å². The van der Waals surface area contributed by atoms with E-state index in [4.69, 9.17) is 4.74 Å². The summed E-state index contributed by atoms with van der Waals surface area (Å²) < 4.78 is 33.8. The van der Waals surface area contributed by atoms with E-state index in [1.54, 1.807) is 18.2 Å². The Morgan fingerprint density at radius 3 is 2.66 bits per heavy atom. The Morgan fingerprint density at radius 2 is 1.91 bits per heavy atom. The number of nitrogens with zero attached hydrogens (tertiary/aromatic N) is 1. The van der Waals surface area contributed by atoms with Crippen molar-refractivity contribution in [2.24, 2.45) is 5.92 Å². The van der Waals surface area contributed by atoms with E-state index in [-0.39, 0.29) is 35.3 Å². The number of aromatic amines is 1. The molecule has 182 valence electrons. The molecule has 3 unspecified atom stereocenters. The molecule has 2 aliphatic heterocycles. The second kappa shape index (κ2) is 9.29. The Balaban J connectivity index is 1.23. The van der Waals surface area contributed by atoms with Crippen LogP contribution in [0.1, 0.15) is 23.3 Å². The van der Waals surface area contributed by atoms with Crippen molar-refractivity contribution in [3.05, 3.63) is 72.9 Å². The molecule has 3 atom stereocenters. The number of para-hydroxylation sites is 1. The lowest BCUT2D eigenvalue weighted by Crippen LogP contribution is -2.45. The van der Waals surface area contributed by atoms with Crippen LogP contribution in [0.3, 0.4) is 0 Å². The van der Waals surface area contributed by atoms with Crippen LogP contribution in [-0.2, 0) is 19.6 Å². The summed E-state index contributed by atoms with van der Waals surface area (Å²) in [5.74, 6) is -0.427. The second-order valence-electron chi connectivity index (χ2n) is 8.77. The highest BCUT2D eigenvalue weighted by Crippen LogP contribution is 2.34. The average molecular weight is 495 g/mol. The number of ether oxygens (including phenoxy) is 1. The summed E-state index contributed by atoms with van der Waals surface area (Å²) in [6, 6.07) is 15.5. The smallest absolute Gasteiger partial charge is 0.272 e. The SMILES string of the molecule is C=CC(=O)NC1CC2CCN(S(=O)(=O)c3ccc(NC(=O)c4cc5ccccc5[nH]4)cc3)CC2O1. The third kappa shape index (κ3) is 4.72. The van der Waals surface area contributed by atoms with Gasteiger partial charge < -0.3 is 20.4 Å². The van der Waals surface area contributed by atoms with E-state index in [0.29, 0.717) is 30.8 Å². The Bertz CT molecular complexity index is 1350. The molecule has 2 fully saturated rings. The number of H-pyrrole nitrogens is 1. The van der Waals surface area contributed by atoms with Crippen LogP contribution in [0.4, 0.5) is 5.69 Å². The molecule has 5 rings (SSSR count). The fourth-order valence-corrected chi connectivity index (χ4v) is 6.15. The zero-order chi connectivity index (χ0) is 24.6. The number of piperidine rings is 1. The first-order valence-corrected chi connectivity index (χ1v) is 12.9. The lowest BCUT2D eigenvalue weighted by molar-refractivity contribution is -0.120. The van der Waals surface area contributed by atoms with Gasteiger partial charge in [0, 0.05) is 29.7 Å². The molecule has 9 nitrogen and oxygen atoms in total. The summed E-state index contributed by atoms with van der Waals surface area (Å²) in [5, 5.41) is 6.45. The molecule has 0 spiro atoms. The van der Waals surface area contributed by atoms with E-state index in [0.717, 1.165) is 10.9 Å². The monoisotopic (exact) mass is 494 g/mol. The first kappa shape index (κ1) is 23.3. The quantitative estimate of drug-likeness (QED) is 0.455. The summed E-state index contributed by atoms with van der Waals surface area (Å²) in [6.07, 6.45) is 1.79. The first-order chi connectivity index (χ1) is 16.8. The molecule has 2 amide bonds. The number of carbonyl (C=O) groups excluding carboxylic acids is 2. The van der Waals surface area contributed by atoms with Crippen molar-refractivity contribution in [1.82, 2.24) is 14.6 Å². The van der Waals surface area contributed by atoms with Crippen molar-refractivity contribution >= 4 is 38.4 Å².